The molecule has 0 saturated heterocycles. The maximum atomic E-state index is 12.8. The molecule has 0 fully saturated rings. The number of ether oxygens (including phenoxy) is 9. The number of hydrogen-bond donors (Lipinski definition) is 3. The summed E-state index contributed by atoms with van der Waals surface area (Å²) in [5, 5.41) is 6.13. The van der Waals surface area contributed by atoms with E-state index in [4.69, 9.17) is 60.6 Å². The van der Waals surface area contributed by atoms with E-state index in [2.05, 4.69) is 57.5 Å². The molecule has 1 rings (SSSR count). The Labute approximate surface area is 342 Å². The van der Waals surface area contributed by atoms with Gasteiger partial charge < -0.3 is 59.0 Å². The van der Waals surface area contributed by atoms with Crippen LogP contribution in [0, 0.1) is 3.57 Å². The summed E-state index contributed by atoms with van der Waals surface area (Å²) < 4.78 is 50.3. The molecule has 54 heavy (non-hydrogen) atoms. The summed E-state index contributed by atoms with van der Waals surface area (Å²) >= 11 is 7.78. The minimum absolute atomic E-state index is 0.125. The lowest BCUT2D eigenvalue weighted by Crippen LogP contribution is -2.44. The Balaban J connectivity index is 2.01. The molecule has 1 atom stereocenters. The third kappa shape index (κ3) is 32.6. The van der Waals surface area contributed by atoms with E-state index >= 15 is 0 Å². The van der Waals surface area contributed by atoms with Crippen LogP contribution in [0.2, 0.25) is 0 Å². The lowest BCUT2D eigenvalue weighted by atomic mass is 10.1. The Hall–Kier alpha value is -1.58. The van der Waals surface area contributed by atoms with Crippen molar-refractivity contribution in [3.05, 3.63) is 33.4 Å². The number of hydrogen-bond acceptors (Lipinski definition) is 13. The van der Waals surface area contributed by atoms with Crippen molar-refractivity contribution in [2.75, 3.05) is 119 Å². The molecular weight excluding hydrogens is 833 g/mol. The Kier molecular flexibility index (Phi) is 32.4. The van der Waals surface area contributed by atoms with Crippen LogP contribution in [-0.2, 0) is 58.6 Å². The maximum Gasteiger partial charge on any atom is 0.329 e. The molecule has 0 unspecified atom stereocenters. The summed E-state index contributed by atoms with van der Waals surface area (Å²) in [6, 6.07) is 7.71. The normalized spacial score (nSPS) is 12.1. The molecule has 0 aliphatic heterocycles. The van der Waals surface area contributed by atoms with E-state index in [0.717, 1.165) is 30.7 Å². The van der Waals surface area contributed by atoms with E-state index in [1.807, 2.05) is 20.8 Å². The SMILES string of the molecule is CC(C)(C)OC(=O)[C@H](CCCCNC(=S)CCc1ccc(I)cc1)NC(=O)CCOCCOCCOCCOCCOCCOCCOCCOCCN. The van der Waals surface area contributed by atoms with Gasteiger partial charge in [0.1, 0.15) is 11.6 Å². The van der Waals surface area contributed by atoms with Gasteiger partial charge in [0.05, 0.1) is 111 Å². The Morgan fingerprint density at radius 3 is 1.57 bits per heavy atom. The number of nitrogens with two attached hydrogens (primary N) is 1. The zero-order chi connectivity index (χ0) is 39.5. The van der Waals surface area contributed by atoms with Gasteiger partial charge in [-0.3, -0.25) is 4.79 Å². The second-order valence-corrected chi connectivity index (χ2v) is 14.8. The number of aryl methyl sites for hydroxylation is 1. The first kappa shape index (κ1) is 50.4. The molecule has 312 valence electrons. The number of esters is 1. The topological polar surface area (TPSA) is 167 Å². The Morgan fingerprint density at radius 1 is 0.685 bits per heavy atom. The van der Waals surface area contributed by atoms with Gasteiger partial charge in [-0.1, -0.05) is 24.4 Å². The van der Waals surface area contributed by atoms with Gasteiger partial charge in [-0.05, 0) is 86.7 Å². The molecule has 1 aromatic carbocycles. The van der Waals surface area contributed by atoms with E-state index in [-0.39, 0.29) is 18.9 Å². The van der Waals surface area contributed by atoms with E-state index in [1.165, 1.54) is 9.13 Å². The molecule has 1 amide bonds. The standard InChI is InChI=1S/C38H66IN3O11S/c1-38(2,3)53-37(44)34(6-4-5-15-41-36(54)12-9-32-7-10-33(39)11-8-32)42-35(43)13-16-45-18-20-47-22-24-49-26-28-51-30-31-52-29-27-50-25-23-48-21-19-46-17-14-40/h7-8,10-11,34H,4-6,9,12-31,40H2,1-3H3,(H,41,54)(H,42,43)/t34-/m0/s1. The molecule has 0 saturated carbocycles. The van der Waals surface area contributed by atoms with Gasteiger partial charge in [0, 0.05) is 29.5 Å². The molecule has 4 N–H and O–H groups in total. The van der Waals surface area contributed by atoms with Crippen molar-refractivity contribution in [2.45, 2.75) is 70.9 Å². The lowest BCUT2D eigenvalue weighted by molar-refractivity contribution is -0.159. The summed E-state index contributed by atoms with van der Waals surface area (Å²) in [7, 11) is 0. The minimum atomic E-state index is -0.730. The van der Waals surface area contributed by atoms with Crippen molar-refractivity contribution in [1.82, 2.24) is 10.6 Å². The average Bonchev–Trinajstić information content (AvgIpc) is 3.13. The number of carbonyl (C=O) groups excluding carboxylic acids is 2. The van der Waals surface area contributed by atoms with Gasteiger partial charge in [0.15, 0.2) is 0 Å². The maximum absolute atomic E-state index is 12.8. The number of unbranched alkanes of at least 4 members (excludes halogenated alkanes) is 1. The van der Waals surface area contributed by atoms with Gasteiger partial charge in [0.25, 0.3) is 0 Å². The lowest BCUT2D eigenvalue weighted by Gasteiger charge is -2.24. The number of amides is 1. The van der Waals surface area contributed by atoms with Gasteiger partial charge >= 0.3 is 5.97 Å². The molecule has 0 spiro atoms. The molecule has 0 radical (unpaired) electrons. The number of nitrogens with one attached hydrogen (secondary N) is 2. The van der Waals surface area contributed by atoms with Gasteiger partial charge in [-0.15, -0.1) is 0 Å². The van der Waals surface area contributed by atoms with Crippen molar-refractivity contribution in [2.24, 2.45) is 5.73 Å². The summed E-state index contributed by atoms with van der Waals surface area (Å²) in [5.41, 5.74) is 5.94. The second kappa shape index (κ2) is 34.7. The van der Waals surface area contributed by atoms with Gasteiger partial charge in [-0.2, -0.15) is 0 Å². The van der Waals surface area contributed by atoms with E-state index < -0.39 is 17.6 Å². The average molecular weight is 900 g/mol. The molecule has 14 nitrogen and oxygen atoms in total. The van der Waals surface area contributed by atoms with Crippen molar-refractivity contribution in [3.63, 3.8) is 0 Å². The fourth-order valence-electron chi connectivity index (χ4n) is 4.48. The highest BCUT2D eigenvalue weighted by Gasteiger charge is 2.26. The fraction of sp³-hybridized carbons (Fsp3) is 0.763. The van der Waals surface area contributed by atoms with Crippen LogP contribution in [-0.4, -0.2) is 147 Å². The number of benzene rings is 1. The molecule has 0 aliphatic rings. The number of carbonyl (C=O) groups is 2. The first-order valence-electron chi connectivity index (χ1n) is 19.0. The van der Waals surface area contributed by atoms with Crippen LogP contribution in [0.4, 0.5) is 0 Å². The smallest absolute Gasteiger partial charge is 0.329 e. The largest absolute Gasteiger partial charge is 0.458 e. The van der Waals surface area contributed by atoms with E-state index in [0.29, 0.717) is 119 Å². The highest BCUT2D eigenvalue weighted by molar-refractivity contribution is 14.1. The monoisotopic (exact) mass is 899 g/mol. The fourth-order valence-corrected chi connectivity index (χ4v) is 5.04. The molecule has 0 bridgehead atoms. The first-order chi connectivity index (χ1) is 26.1. The summed E-state index contributed by atoms with van der Waals surface area (Å²) in [6.07, 6.45) is 3.79. The third-order valence-corrected chi connectivity index (χ3v) is 8.23. The number of rotatable bonds is 36. The number of halogens is 1. The van der Waals surface area contributed by atoms with Crippen molar-refractivity contribution in [1.29, 1.82) is 0 Å². The molecule has 0 aromatic heterocycles. The minimum Gasteiger partial charge on any atom is -0.458 e. The molecule has 0 heterocycles. The zero-order valence-electron chi connectivity index (χ0n) is 32.7. The van der Waals surface area contributed by atoms with Crippen molar-refractivity contribution < 1.29 is 52.2 Å². The summed E-state index contributed by atoms with van der Waals surface area (Å²) in [5.74, 6) is -0.706. The zero-order valence-corrected chi connectivity index (χ0v) is 35.7. The second-order valence-electron chi connectivity index (χ2n) is 13.1. The highest BCUT2D eigenvalue weighted by Crippen LogP contribution is 2.12. The van der Waals surface area contributed by atoms with Crippen LogP contribution in [0.3, 0.4) is 0 Å². The predicted molar refractivity (Wildman–Crippen MR) is 220 cm³/mol. The van der Waals surface area contributed by atoms with Crippen LogP contribution in [0.25, 0.3) is 0 Å². The van der Waals surface area contributed by atoms with Crippen LogP contribution in [0.5, 0.6) is 0 Å². The van der Waals surface area contributed by atoms with Crippen LogP contribution in [0.1, 0.15) is 58.4 Å². The van der Waals surface area contributed by atoms with Crippen molar-refractivity contribution in [3.8, 4) is 0 Å². The van der Waals surface area contributed by atoms with Crippen LogP contribution < -0.4 is 16.4 Å². The van der Waals surface area contributed by atoms with E-state index in [9.17, 15) is 9.59 Å². The first-order valence-corrected chi connectivity index (χ1v) is 20.4. The Morgan fingerprint density at radius 2 is 1.13 bits per heavy atom. The van der Waals surface area contributed by atoms with Gasteiger partial charge in [0.2, 0.25) is 5.91 Å². The van der Waals surface area contributed by atoms with Gasteiger partial charge in [-0.25, -0.2) is 4.79 Å². The Bertz CT molecular complexity index is 1080. The van der Waals surface area contributed by atoms with Crippen LogP contribution in [0.15, 0.2) is 24.3 Å². The third-order valence-electron chi connectivity index (χ3n) is 7.16. The highest BCUT2D eigenvalue weighted by atomic mass is 127. The quantitative estimate of drug-likeness (QED) is 0.0387. The summed E-state index contributed by atoms with van der Waals surface area (Å²) in [6.45, 7) is 14.0. The van der Waals surface area contributed by atoms with E-state index in [1.54, 1.807) is 0 Å². The number of thiocarbonyl (C=S) groups is 1. The molecular formula is C38H66IN3O11S. The molecule has 1 aromatic rings. The summed E-state index contributed by atoms with van der Waals surface area (Å²) in [4.78, 5) is 26.3. The predicted octanol–water partition coefficient (Wildman–Crippen LogP) is 3.62. The molecule has 16 heteroatoms. The molecule has 0 aliphatic carbocycles. The van der Waals surface area contributed by atoms with Crippen molar-refractivity contribution >= 4 is 51.7 Å². The van der Waals surface area contributed by atoms with Crippen LogP contribution >= 0.6 is 34.8 Å².